The van der Waals surface area contributed by atoms with Crippen molar-refractivity contribution in [3.63, 3.8) is 0 Å². The molecule has 2 rings (SSSR count). The highest BCUT2D eigenvalue weighted by molar-refractivity contribution is 5.22. The van der Waals surface area contributed by atoms with Gasteiger partial charge in [-0.25, -0.2) is 4.98 Å². The van der Waals surface area contributed by atoms with Gasteiger partial charge in [0.25, 0.3) is 0 Å². The minimum atomic E-state index is -0.444. The molecule has 2 nitrogen and oxygen atoms in total. The molecule has 3 heteroatoms. The first kappa shape index (κ1) is 9.77. The van der Waals surface area contributed by atoms with Crippen LogP contribution in [0.1, 0.15) is 16.8 Å². The van der Waals surface area contributed by atoms with E-state index in [1.807, 2.05) is 19.1 Å². The molecule has 2 heterocycles. The number of hydrogen-bond acceptors (Lipinski definition) is 2. The Morgan fingerprint density at radius 1 is 1.13 bits per heavy atom. The summed E-state index contributed by atoms with van der Waals surface area (Å²) in [5.74, 6) is -0.444. The molecule has 15 heavy (non-hydrogen) atoms. The zero-order chi connectivity index (χ0) is 10.7. The summed E-state index contributed by atoms with van der Waals surface area (Å²) in [5.41, 5.74) is 3.00. The molecule has 0 fully saturated rings. The summed E-state index contributed by atoms with van der Waals surface area (Å²) < 4.78 is 12.8. The maximum absolute atomic E-state index is 12.8. The van der Waals surface area contributed by atoms with E-state index in [4.69, 9.17) is 0 Å². The van der Waals surface area contributed by atoms with Crippen LogP contribution < -0.4 is 0 Å². The van der Waals surface area contributed by atoms with Gasteiger partial charge in [-0.15, -0.1) is 0 Å². The molecule has 0 bridgehead atoms. The Morgan fingerprint density at radius 3 is 2.67 bits per heavy atom. The van der Waals surface area contributed by atoms with Crippen LogP contribution in [0.25, 0.3) is 0 Å². The van der Waals surface area contributed by atoms with Crippen molar-refractivity contribution in [2.75, 3.05) is 0 Å². The summed E-state index contributed by atoms with van der Waals surface area (Å²) in [6.45, 7) is 2.01. The van der Waals surface area contributed by atoms with Gasteiger partial charge in [0, 0.05) is 24.5 Å². The molecule has 0 aliphatic carbocycles. The largest absolute Gasteiger partial charge is 0.261 e. The molecule has 0 spiro atoms. The quantitative estimate of drug-likeness (QED) is 0.699. The highest BCUT2D eigenvalue weighted by Gasteiger charge is 1.99. The van der Waals surface area contributed by atoms with Crippen LogP contribution >= 0.6 is 0 Å². The number of aryl methyl sites for hydroxylation is 1. The Kier molecular flexibility index (Phi) is 2.72. The molecule has 2 aromatic rings. The van der Waals surface area contributed by atoms with Crippen LogP contribution in [0.3, 0.4) is 0 Å². The SMILES string of the molecule is Cc1ccnc(Cc2ccnc(F)c2)c1. The van der Waals surface area contributed by atoms with E-state index in [-0.39, 0.29) is 0 Å². The molecule has 0 aliphatic rings. The predicted octanol–water partition coefficient (Wildman–Crippen LogP) is 2.51. The van der Waals surface area contributed by atoms with Gasteiger partial charge >= 0.3 is 0 Å². The normalized spacial score (nSPS) is 10.3. The van der Waals surface area contributed by atoms with Gasteiger partial charge in [0.2, 0.25) is 5.95 Å². The Balaban J connectivity index is 2.22. The molecule has 0 N–H and O–H groups in total. The second-order valence-corrected chi connectivity index (χ2v) is 3.49. The fraction of sp³-hybridized carbons (Fsp3) is 0.167. The summed E-state index contributed by atoms with van der Waals surface area (Å²) in [6, 6.07) is 7.17. The van der Waals surface area contributed by atoms with Crippen molar-refractivity contribution in [1.82, 2.24) is 9.97 Å². The third-order valence-electron chi connectivity index (χ3n) is 2.15. The summed E-state index contributed by atoms with van der Waals surface area (Å²) in [4.78, 5) is 7.73. The standard InChI is InChI=1S/C12H11FN2/c1-9-2-4-14-11(6-9)7-10-3-5-15-12(13)8-10/h2-6,8H,7H2,1H3. The number of halogens is 1. The van der Waals surface area contributed by atoms with Crippen LogP contribution in [0, 0.1) is 12.9 Å². The van der Waals surface area contributed by atoms with Crippen molar-refractivity contribution in [1.29, 1.82) is 0 Å². The zero-order valence-corrected chi connectivity index (χ0v) is 8.44. The molecule has 0 amide bonds. The van der Waals surface area contributed by atoms with Crippen molar-refractivity contribution in [2.24, 2.45) is 0 Å². The number of nitrogens with zero attached hydrogens (tertiary/aromatic N) is 2. The lowest BCUT2D eigenvalue weighted by Crippen LogP contribution is -1.94. The average molecular weight is 202 g/mol. The van der Waals surface area contributed by atoms with Crippen molar-refractivity contribution in [3.8, 4) is 0 Å². The van der Waals surface area contributed by atoms with Crippen LogP contribution in [0.4, 0.5) is 4.39 Å². The zero-order valence-electron chi connectivity index (χ0n) is 8.44. The van der Waals surface area contributed by atoms with Gasteiger partial charge in [-0.05, 0) is 42.3 Å². The van der Waals surface area contributed by atoms with Crippen LogP contribution in [0.2, 0.25) is 0 Å². The van der Waals surface area contributed by atoms with Crippen LogP contribution in [-0.4, -0.2) is 9.97 Å². The predicted molar refractivity (Wildman–Crippen MR) is 56.0 cm³/mol. The maximum atomic E-state index is 12.8. The molecule has 2 aromatic heterocycles. The summed E-state index contributed by atoms with van der Waals surface area (Å²) in [6.07, 6.45) is 3.88. The van der Waals surface area contributed by atoms with Gasteiger partial charge < -0.3 is 0 Å². The number of hydrogen-bond donors (Lipinski definition) is 0. The van der Waals surface area contributed by atoms with E-state index < -0.39 is 5.95 Å². The third-order valence-corrected chi connectivity index (χ3v) is 2.15. The van der Waals surface area contributed by atoms with E-state index in [1.54, 1.807) is 12.3 Å². The molecule has 0 atom stereocenters. The van der Waals surface area contributed by atoms with Gasteiger partial charge in [0.1, 0.15) is 0 Å². The van der Waals surface area contributed by atoms with E-state index in [1.165, 1.54) is 12.3 Å². The van der Waals surface area contributed by atoms with Gasteiger partial charge in [-0.3, -0.25) is 4.98 Å². The van der Waals surface area contributed by atoms with Crippen LogP contribution in [-0.2, 0) is 6.42 Å². The van der Waals surface area contributed by atoms with Crippen LogP contribution in [0.15, 0.2) is 36.7 Å². The topological polar surface area (TPSA) is 25.8 Å². The molecular formula is C12H11FN2. The summed E-state index contributed by atoms with van der Waals surface area (Å²) in [5, 5.41) is 0. The van der Waals surface area contributed by atoms with Crippen molar-refractivity contribution in [3.05, 3.63) is 59.4 Å². The maximum Gasteiger partial charge on any atom is 0.213 e. The monoisotopic (exact) mass is 202 g/mol. The Hall–Kier alpha value is -1.77. The molecular weight excluding hydrogens is 191 g/mol. The van der Waals surface area contributed by atoms with E-state index in [0.29, 0.717) is 6.42 Å². The minimum absolute atomic E-state index is 0.444. The third kappa shape index (κ3) is 2.59. The lowest BCUT2D eigenvalue weighted by molar-refractivity contribution is 0.581. The Morgan fingerprint density at radius 2 is 1.93 bits per heavy atom. The van der Waals surface area contributed by atoms with Gasteiger partial charge in [0.05, 0.1) is 0 Å². The first-order valence-electron chi connectivity index (χ1n) is 4.76. The highest BCUT2D eigenvalue weighted by atomic mass is 19.1. The van der Waals surface area contributed by atoms with E-state index in [2.05, 4.69) is 9.97 Å². The first-order valence-corrected chi connectivity index (χ1v) is 4.76. The van der Waals surface area contributed by atoms with Gasteiger partial charge in [-0.1, -0.05) is 0 Å². The van der Waals surface area contributed by atoms with Gasteiger partial charge in [0.15, 0.2) is 0 Å². The Bertz CT molecular complexity index is 425. The smallest absolute Gasteiger partial charge is 0.213 e. The molecule has 0 aliphatic heterocycles. The first-order chi connectivity index (χ1) is 7.24. The lowest BCUT2D eigenvalue weighted by Gasteiger charge is -2.01. The van der Waals surface area contributed by atoms with Crippen molar-refractivity contribution < 1.29 is 4.39 Å². The molecule has 0 radical (unpaired) electrons. The lowest BCUT2D eigenvalue weighted by atomic mass is 10.1. The number of rotatable bonds is 2. The van der Waals surface area contributed by atoms with Crippen LogP contribution in [0.5, 0.6) is 0 Å². The van der Waals surface area contributed by atoms with Crippen molar-refractivity contribution in [2.45, 2.75) is 13.3 Å². The fourth-order valence-corrected chi connectivity index (χ4v) is 1.46. The Labute approximate surface area is 87.8 Å². The van der Waals surface area contributed by atoms with E-state index in [0.717, 1.165) is 16.8 Å². The average Bonchev–Trinajstić information content (AvgIpc) is 2.17. The summed E-state index contributed by atoms with van der Waals surface area (Å²) in [7, 11) is 0. The minimum Gasteiger partial charge on any atom is -0.261 e. The van der Waals surface area contributed by atoms with E-state index in [9.17, 15) is 4.39 Å². The summed E-state index contributed by atoms with van der Waals surface area (Å²) >= 11 is 0. The second-order valence-electron chi connectivity index (χ2n) is 3.49. The van der Waals surface area contributed by atoms with Crippen molar-refractivity contribution >= 4 is 0 Å². The highest BCUT2D eigenvalue weighted by Crippen LogP contribution is 2.08. The van der Waals surface area contributed by atoms with E-state index >= 15 is 0 Å². The molecule has 0 saturated carbocycles. The second kappa shape index (κ2) is 4.17. The van der Waals surface area contributed by atoms with Gasteiger partial charge in [-0.2, -0.15) is 4.39 Å². The molecule has 0 aromatic carbocycles. The molecule has 0 saturated heterocycles. The molecule has 0 unspecified atom stereocenters. The fourth-order valence-electron chi connectivity index (χ4n) is 1.46. The number of aromatic nitrogens is 2. The molecule has 76 valence electrons. The number of pyridine rings is 2.